The molecule has 4 rings (SSSR count). The summed E-state index contributed by atoms with van der Waals surface area (Å²) in [7, 11) is 1.73. The maximum Gasteiger partial charge on any atom is 0.408 e. The predicted molar refractivity (Wildman–Crippen MR) is 110 cm³/mol. The number of alkyl halides is 3. The molecule has 8 nitrogen and oxygen atoms in total. The van der Waals surface area contributed by atoms with Gasteiger partial charge in [0.05, 0.1) is 0 Å². The number of anilines is 3. The van der Waals surface area contributed by atoms with Gasteiger partial charge < -0.3 is 15.2 Å². The number of rotatable bonds is 4. The van der Waals surface area contributed by atoms with E-state index in [4.69, 9.17) is 0 Å². The zero-order valence-electron chi connectivity index (χ0n) is 17.1. The molecule has 1 fully saturated rings. The minimum absolute atomic E-state index is 0.00911. The standard InChI is InChI=1S/C20H22F3N7O/c1-12-10-24-16(26-19-25-11-29(2)28-19)9-14(12)13-7-17(27-18(31)8-13)30-6-4-3-5-15(30)20(21,22)23/h7-11,15H,3-6H2,1-2H3,(H,27,31)(H,24,26,28)/t15-/m1/s1. The summed E-state index contributed by atoms with van der Waals surface area (Å²) in [6, 6.07) is 3.08. The van der Waals surface area contributed by atoms with Gasteiger partial charge >= 0.3 is 6.18 Å². The zero-order valence-corrected chi connectivity index (χ0v) is 17.1. The Labute approximate surface area is 176 Å². The summed E-state index contributed by atoms with van der Waals surface area (Å²) in [5, 5.41) is 7.12. The molecule has 0 aliphatic carbocycles. The minimum Gasteiger partial charge on any atom is -0.346 e. The third kappa shape index (κ3) is 4.54. The Hall–Kier alpha value is -3.37. The molecule has 2 N–H and O–H groups in total. The topological polar surface area (TPSA) is 91.7 Å². The summed E-state index contributed by atoms with van der Waals surface area (Å²) >= 11 is 0. The second-order valence-corrected chi connectivity index (χ2v) is 7.62. The number of H-pyrrole nitrogens is 1. The molecule has 1 aliphatic heterocycles. The van der Waals surface area contributed by atoms with E-state index in [-0.39, 0.29) is 18.8 Å². The minimum atomic E-state index is -4.37. The van der Waals surface area contributed by atoms with Crippen LogP contribution in [0.25, 0.3) is 11.1 Å². The number of pyridine rings is 2. The van der Waals surface area contributed by atoms with Gasteiger partial charge in [0.2, 0.25) is 11.5 Å². The summed E-state index contributed by atoms with van der Waals surface area (Å²) in [5.74, 6) is 0.985. The van der Waals surface area contributed by atoms with Crippen LogP contribution in [0.15, 0.2) is 35.5 Å². The fourth-order valence-electron chi connectivity index (χ4n) is 3.81. The van der Waals surface area contributed by atoms with Gasteiger partial charge in [-0.15, -0.1) is 5.10 Å². The molecule has 0 saturated carbocycles. The molecule has 1 aliphatic rings. The van der Waals surface area contributed by atoms with E-state index >= 15 is 0 Å². The number of aromatic amines is 1. The van der Waals surface area contributed by atoms with Gasteiger partial charge in [-0.2, -0.15) is 13.2 Å². The van der Waals surface area contributed by atoms with Crippen molar-refractivity contribution in [3.8, 4) is 11.1 Å². The van der Waals surface area contributed by atoms with Gasteiger partial charge in [0.1, 0.15) is 24.0 Å². The second-order valence-electron chi connectivity index (χ2n) is 7.62. The van der Waals surface area contributed by atoms with Crippen LogP contribution in [-0.4, -0.2) is 43.5 Å². The highest BCUT2D eigenvalue weighted by atomic mass is 19.4. The lowest BCUT2D eigenvalue weighted by Crippen LogP contribution is -2.49. The Morgan fingerprint density at radius 2 is 2.00 bits per heavy atom. The smallest absolute Gasteiger partial charge is 0.346 e. The number of nitrogens with zero attached hydrogens (tertiary/aromatic N) is 5. The first kappa shape index (κ1) is 20.9. The van der Waals surface area contributed by atoms with Gasteiger partial charge in [-0.05, 0) is 55.0 Å². The van der Waals surface area contributed by atoms with Crippen LogP contribution in [0.1, 0.15) is 24.8 Å². The first-order valence-corrected chi connectivity index (χ1v) is 9.88. The second kappa shape index (κ2) is 8.05. The summed E-state index contributed by atoms with van der Waals surface area (Å²) < 4.78 is 42.2. The van der Waals surface area contributed by atoms with Crippen molar-refractivity contribution in [3.05, 3.63) is 46.6 Å². The van der Waals surface area contributed by atoms with Crippen molar-refractivity contribution >= 4 is 17.6 Å². The van der Waals surface area contributed by atoms with Gasteiger partial charge in [0, 0.05) is 25.9 Å². The van der Waals surface area contributed by atoms with E-state index in [0.717, 1.165) is 5.56 Å². The van der Waals surface area contributed by atoms with Crippen LogP contribution < -0.4 is 15.8 Å². The summed E-state index contributed by atoms with van der Waals surface area (Å²) in [5.41, 5.74) is 1.52. The van der Waals surface area contributed by atoms with E-state index in [1.165, 1.54) is 22.0 Å². The maximum absolute atomic E-state index is 13.6. The molecule has 0 bridgehead atoms. The van der Waals surface area contributed by atoms with Crippen LogP contribution in [0.2, 0.25) is 0 Å². The van der Waals surface area contributed by atoms with Gasteiger partial charge in [-0.3, -0.25) is 9.48 Å². The molecular weight excluding hydrogens is 411 g/mol. The molecule has 3 aromatic heterocycles. The number of aryl methyl sites for hydroxylation is 2. The third-order valence-corrected chi connectivity index (χ3v) is 5.27. The molecule has 164 valence electrons. The van der Waals surface area contributed by atoms with Crippen molar-refractivity contribution < 1.29 is 13.2 Å². The van der Waals surface area contributed by atoms with Crippen LogP contribution in [0.3, 0.4) is 0 Å². The summed E-state index contributed by atoms with van der Waals surface area (Å²) in [6.07, 6.45) is -0.0538. The van der Waals surface area contributed by atoms with Crippen molar-refractivity contribution in [3.63, 3.8) is 0 Å². The Balaban J connectivity index is 1.71. The van der Waals surface area contributed by atoms with Crippen molar-refractivity contribution in [2.24, 2.45) is 7.05 Å². The van der Waals surface area contributed by atoms with Crippen molar-refractivity contribution in [1.29, 1.82) is 0 Å². The Kier molecular flexibility index (Phi) is 5.42. The fraction of sp³-hybridized carbons (Fsp3) is 0.400. The lowest BCUT2D eigenvalue weighted by molar-refractivity contribution is -0.152. The Morgan fingerprint density at radius 3 is 2.71 bits per heavy atom. The highest BCUT2D eigenvalue weighted by molar-refractivity contribution is 5.72. The van der Waals surface area contributed by atoms with Crippen molar-refractivity contribution in [1.82, 2.24) is 24.7 Å². The Morgan fingerprint density at radius 1 is 1.19 bits per heavy atom. The molecule has 11 heteroatoms. The van der Waals surface area contributed by atoms with Crippen LogP contribution in [-0.2, 0) is 7.05 Å². The third-order valence-electron chi connectivity index (χ3n) is 5.27. The quantitative estimate of drug-likeness (QED) is 0.654. The van der Waals surface area contributed by atoms with Crippen LogP contribution in [0, 0.1) is 6.92 Å². The fourth-order valence-corrected chi connectivity index (χ4v) is 3.81. The number of aromatic nitrogens is 5. The molecule has 31 heavy (non-hydrogen) atoms. The van der Waals surface area contributed by atoms with Crippen LogP contribution in [0.5, 0.6) is 0 Å². The first-order valence-electron chi connectivity index (χ1n) is 9.88. The van der Waals surface area contributed by atoms with Gasteiger partial charge in [0.25, 0.3) is 0 Å². The molecule has 4 heterocycles. The van der Waals surface area contributed by atoms with Crippen LogP contribution >= 0.6 is 0 Å². The van der Waals surface area contributed by atoms with Gasteiger partial charge in [-0.1, -0.05) is 0 Å². The zero-order chi connectivity index (χ0) is 22.2. The normalized spacial score (nSPS) is 17.1. The summed E-state index contributed by atoms with van der Waals surface area (Å²) in [4.78, 5) is 24.6. The predicted octanol–water partition coefficient (Wildman–Crippen LogP) is 3.54. The van der Waals surface area contributed by atoms with E-state index < -0.39 is 17.8 Å². The maximum atomic E-state index is 13.6. The van der Waals surface area contributed by atoms with Crippen molar-refractivity contribution in [2.75, 3.05) is 16.8 Å². The van der Waals surface area contributed by atoms with E-state index in [9.17, 15) is 18.0 Å². The van der Waals surface area contributed by atoms with E-state index in [1.54, 1.807) is 25.4 Å². The molecule has 0 radical (unpaired) electrons. The average Bonchev–Trinajstić information content (AvgIpc) is 3.13. The van der Waals surface area contributed by atoms with Crippen LogP contribution in [0.4, 0.5) is 30.8 Å². The molecular formula is C20H22F3N7O. The average molecular weight is 433 g/mol. The molecule has 0 aromatic carbocycles. The number of hydrogen-bond acceptors (Lipinski definition) is 6. The first-order chi connectivity index (χ1) is 14.7. The largest absolute Gasteiger partial charge is 0.408 e. The number of hydrogen-bond donors (Lipinski definition) is 2. The highest BCUT2D eigenvalue weighted by Gasteiger charge is 2.45. The number of nitrogens with one attached hydrogen (secondary N) is 2. The number of piperidine rings is 1. The van der Waals surface area contributed by atoms with Gasteiger partial charge in [-0.25, -0.2) is 9.97 Å². The molecule has 1 saturated heterocycles. The Bertz CT molecular complexity index is 1140. The van der Waals surface area contributed by atoms with E-state index in [0.29, 0.717) is 35.7 Å². The van der Waals surface area contributed by atoms with E-state index in [2.05, 4.69) is 25.4 Å². The molecule has 1 atom stereocenters. The molecule has 0 unspecified atom stereocenters. The SMILES string of the molecule is Cc1cnc(Nc2ncn(C)n2)cc1-c1cc(N2CCCC[C@@H]2C(F)(F)F)[nH]c(=O)c1. The monoisotopic (exact) mass is 433 g/mol. The molecule has 0 spiro atoms. The highest BCUT2D eigenvalue weighted by Crippen LogP contribution is 2.35. The lowest BCUT2D eigenvalue weighted by atomic mass is 10.00. The summed E-state index contributed by atoms with van der Waals surface area (Å²) in [6.45, 7) is 2.06. The van der Waals surface area contributed by atoms with Gasteiger partial charge in [0.15, 0.2) is 0 Å². The lowest BCUT2D eigenvalue weighted by Gasteiger charge is -2.38. The molecule has 0 amide bonds. The number of halogens is 3. The van der Waals surface area contributed by atoms with Crippen molar-refractivity contribution in [2.45, 2.75) is 38.4 Å². The molecule has 3 aromatic rings. The van der Waals surface area contributed by atoms with E-state index in [1.807, 2.05) is 6.92 Å².